The Hall–Kier alpha value is -1.70. The van der Waals surface area contributed by atoms with Gasteiger partial charge in [0.1, 0.15) is 11.9 Å². The summed E-state index contributed by atoms with van der Waals surface area (Å²) in [6, 6.07) is -0.689. The van der Waals surface area contributed by atoms with Crippen LogP contribution in [0.15, 0.2) is 0 Å². The molecule has 1 atom stereocenters. The summed E-state index contributed by atoms with van der Waals surface area (Å²) in [6.07, 6.45) is 2.02. The fourth-order valence-corrected chi connectivity index (χ4v) is 2.99. The van der Waals surface area contributed by atoms with Gasteiger partial charge in [0, 0.05) is 30.5 Å². The number of hydrogen-bond donors (Lipinski definition) is 2. The van der Waals surface area contributed by atoms with Gasteiger partial charge < -0.3 is 15.3 Å². The average molecular weight is 282 g/mol. The molecule has 1 aromatic heterocycles. The summed E-state index contributed by atoms with van der Waals surface area (Å²) in [5.74, 6) is 0.0531. The first-order valence-corrected chi connectivity index (χ1v) is 7.02. The van der Waals surface area contributed by atoms with Crippen molar-refractivity contribution in [1.82, 2.24) is 14.7 Å². The first-order chi connectivity index (χ1) is 9.15. The monoisotopic (exact) mass is 282 g/mol. The summed E-state index contributed by atoms with van der Waals surface area (Å²) in [4.78, 5) is 28.9. The van der Waals surface area contributed by atoms with Gasteiger partial charge in [-0.05, 0) is 12.8 Å². The first kappa shape index (κ1) is 12.3. The zero-order chi connectivity index (χ0) is 13.4. The minimum absolute atomic E-state index is 0.218. The number of rotatable bonds is 4. The van der Waals surface area contributed by atoms with Crippen LogP contribution in [0.5, 0.6) is 0 Å². The summed E-state index contributed by atoms with van der Waals surface area (Å²) in [5.41, 5.74) is 0. The van der Waals surface area contributed by atoms with E-state index in [0.29, 0.717) is 24.1 Å². The molecule has 1 unspecified atom stereocenters. The molecule has 1 saturated carbocycles. The van der Waals surface area contributed by atoms with Gasteiger partial charge in [-0.1, -0.05) is 0 Å². The second-order valence-electron chi connectivity index (χ2n) is 4.81. The van der Waals surface area contributed by atoms with E-state index < -0.39 is 12.0 Å². The number of aromatic nitrogens is 2. The van der Waals surface area contributed by atoms with Crippen molar-refractivity contribution in [3.05, 3.63) is 5.82 Å². The predicted octanol–water partition coefficient (Wildman–Crippen LogP) is 0.195. The van der Waals surface area contributed by atoms with Crippen molar-refractivity contribution < 1.29 is 14.7 Å². The third kappa shape index (κ3) is 2.53. The molecule has 2 aliphatic rings. The molecule has 1 aliphatic carbocycles. The van der Waals surface area contributed by atoms with Crippen LogP contribution < -0.4 is 10.2 Å². The average Bonchev–Trinajstić information content (AvgIpc) is 3.10. The lowest BCUT2D eigenvalue weighted by molar-refractivity contribution is -0.139. The highest BCUT2D eigenvalue weighted by Crippen LogP contribution is 2.40. The van der Waals surface area contributed by atoms with Gasteiger partial charge >= 0.3 is 5.97 Å². The number of hydrogen-bond acceptors (Lipinski definition) is 6. The van der Waals surface area contributed by atoms with Gasteiger partial charge in [-0.25, -0.2) is 4.98 Å². The Morgan fingerprint density at radius 2 is 2.32 bits per heavy atom. The SMILES string of the molecule is O=C(O)CC1C(=O)NCCN1c1nc(C2CC2)ns1. The van der Waals surface area contributed by atoms with E-state index in [1.54, 1.807) is 4.90 Å². The molecule has 3 rings (SSSR count). The number of nitrogens with one attached hydrogen (secondary N) is 1. The Balaban J connectivity index is 1.81. The van der Waals surface area contributed by atoms with E-state index in [4.69, 9.17) is 5.11 Å². The molecule has 2 fully saturated rings. The van der Waals surface area contributed by atoms with E-state index in [2.05, 4.69) is 14.7 Å². The van der Waals surface area contributed by atoms with E-state index in [-0.39, 0.29) is 12.3 Å². The maximum absolute atomic E-state index is 11.8. The zero-order valence-corrected chi connectivity index (χ0v) is 11.0. The van der Waals surface area contributed by atoms with Crippen molar-refractivity contribution in [1.29, 1.82) is 0 Å². The molecular weight excluding hydrogens is 268 g/mol. The van der Waals surface area contributed by atoms with E-state index in [1.807, 2.05) is 0 Å². The van der Waals surface area contributed by atoms with Gasteiger partial charge in [-0.3, -0.25) is 9.59 Å². The van der Waals surface area contributed by atoms with Crippen molar-refractivity contribution in [2.75, 3.05) is 18.0 Å². The summed E-state index contributed by atoms with van der Waals surface area (Å²) in [6.45, 7) is 1.08. The van der Waals surface area contributed by atoms with E-state index >= 15 is 0 Å². The maximum Gasteiger partial charge on any atom is 0.305 e. The van der Waals surface area contributed by atoms with Crippen molar-refractivity contribution in [3.63, 3.8) is 0 Å². The fraction of sp³-hybridized carbons (Fsp3) is 0.636. The molecule has 1 aromatic rings. The number of amides is 1. The molecule has 2 N–H and O–H groups in total. The van der Waals surface area contributed by atoms with Crippen LogP contribution >= 0.6 is 11.5 Å². The number of piperazine rings is 1. The van der Waals surface area contributed by atoms with E-state index in [0.717, 1.165) is 18.7 Å². The molecule has 0 aromatic carbocycles. The standard InChI is InChI=1S/C11H14N4O3S/c16-8(17)5-7-10(18)12-3-4-15(7)11-13-9(14-19-11)6-1-2-6/h6-7H,1-5H2,(H,12,18)(H,16,17). The van der Waals surface area contributed by atoms with Crippen molar-refractivity contribution in [2.24, 2.45) is 0 Å². The molecule has 7 nitrogen and oxygen atoms in total. The molecule has 1 amide bonds. The van der Waals surface area contributed by atoms with Crippen molar-refractivity contribution >= 4 is 28.5 Å². The number of nitrogens with zero attached hydrogens (tertiary/aromatic N) is 3. The second kappa shape index (κ2) is 4.76. The largest absolute Gasteiger partial charge is 0.481 e. The molecule has 1 saturated heterocycles. The number of aliphatic carboxylic acids is 1. The van der Waals surface area contributed by atoms with Crippen LogP contribution in [0.3, 0.4) is 0 Å². The van der Waals surface area contributed by atoms with Gasteiger partial charge in [-0.2, -0.15) is 4.37 Å². The van der Waals surface area contributed by atoms with Crippen molar-refractivity contribution in [2.45, 2.75) is 31.2 Å². The lowest BCUT2D eigenvalue weighted by Crippen LogP contribution is -2.56. The minimum Gasteiger partial charge on any atom is -0.481 e. The van der Waals surface area contributed by atoms with Gasteiger partial charge in [0.25, 0.3) is 0 Å². The quantitative estimate of drug-likeness (QED) is 0.819. The normalized spacial score (nSPS) is 23.3. The van der Waals surface area contributed by atoms with Gasteiger partial charge in [0.2, 0.25) is 11.0 Å². The number of anilines is 1. The van der Waals surface area contributed by atoms with Crippen molar-refractivity contribution in [3.8, 4) is 0 Å². The number of carbonyl (C=O) groups excluding carboxylic acids is 1. The summed E-state index contributed by atoms with van der Waals surface area (Å²) in [5, 5.41) is 12.3. The Bertz CT molecular complexity index is 514. The Morgan fingerprint density at radius 3 is 3.00 bits per heavy atom. The Morgan fingerprint density at radius 1 is 1.53 bits per heavy atom. The Kier molecular flexibility index (Phi) is 3.09. The maximum atomic E-state index is 11.8. The molecule has 19 heavy (non-hydrogen) atoms. The number of carboxylic acids is 1. The summed E-state index contributed by atoms with van der Waals surface area (Å²) >= 11 is 1.25. The summed E-state index contributed by atoms with van der Waals surface area (Å²) in [7, 11) is 0. The molecule has 0 bridgehead atoms. The van der Waals surface area contributed by atoms with Crippen LogP contribution in [0.25, 0.3) is 0 Å². The molecule has 0 radical (unpaired) electrons. The molecule has 0 spiro atoms. The molecule has 2 heterocycles. The third-order valence-corrected chi connectivity index (χ3v) is 4.09. The molecule has 8 heteroatoms. The number of carbonyl (C=O) groups is 2. The van der Waals surface area contributed by atoms with Crippen LogP contribution in [0, 0.1) is 0 Å². The van der Waals surface area contributed by atoms with E-state index in [1.165, 1.54) is 11.5 Å². The van der Waals surface area contributed by atoms with Crippen LogP contribution in [-0.4, -0.2) is 45.5 Å². The van der Waals surface area contributed by atoms with Crippen LogP contribution in [0.2, 0.25) is 0 Å². The first-order valence-electron chi connectivity index (χ1n) is 6.25. The lowest BCUT2D eigenvalue weighted by atomic mass is 10.1. The molecule has 102 valence electrons. The number of carboxylic acid groups (broad SMARTS) is 1. The van der Waals surface area contributed by atoms with Crippen LogP contribution in [0.4, 0.5) is 5.13 Å². The minimum atomic E-state index is -0.987. The fourth-order valence-electron chi connectivity index (χ4n) is 2.16. The third-order valence-electron chi connectivity index (χ3n) is 3.32. The van der Waals surface area contributed by atoms with Crippen LogP contribution in [0.1, 0.15) is 31.0 Å². The summed E-state index contributed by atoms with van der Waals surface area (Å²) < 4.78 is 4.30. The second-order valence-corrected chi connectivity index (χ2v) is 5.54. The molecular formula is C11H14N4O3S. The smallest absolute Gasteiger partial charge is 0.305 e. The lowest BCUT2D eigenvalue weighted by Gasteiger charge is -2.33. The highest BCUT2D eigenvalue weighted by atomic mass is 32.1. The van der Waals surface area contributed by atoms with Gasteiger partial charge in [-0.15, -0.1) is 0 Å². The van der Waals surface area contributed by atoms with Crippen LogP contribution in [-0.2, 0) is 9.59 Å². The van der Waals surface area contributed by atoms with Gasteiger partial charge in [0.05, 0.1) is 6.42 Å². The molecule has 1 aliphatic heterocycles. The topological polar surface area (TPSA) is 95.4 Å². The highest BCUT2D eigenvalue weighted by Gasteiger charge is 2.35. The zero-order valence-electron chi connectivity index (χ0n) is 10.2. The predicted molar refractivity (Wildman–Crippen MR) is 68.3 cm³/mol. The van der Waals surface area contributed by atoms with E-state index in [9.17, 15) is 9.59 Å². The highest BCUT2D eigenvalue weighted by molar-refractivity contribution is 7.09. The Labute approximate surface area is 113 Å². The van der Waals surface area contributed by atoms with Gasteiger partial charge in [0.15, 0.2) is 0 Å².